The average molecular weight is 310 g/mol. The Morgan fingerprint density at radius 2 is 1.67 bits per heavy atom. The Labute approximate surface area is 114 Å². The van der Waals surface area contributed by atoms with E-state index >= 15 is 0 Å². The lowest BCUT2D eigenvalue weighted by atomic mass is 10.1. The fourth-order valence-electron chi connectivity index (χ4n) is 1.68. The van der Waals surface area contributed by atoms with Crippen molar-refractivity contribution in [2.45, 2.75) is 6.04 Å². The summed E-state index contributed by atoms with van der Waals surface area (Å²) in [5, 5.41) is 12.6. The molecule has 2 aromatic rings. The Kier molecular flexibility index (Phi) is 4.33. The van der Waals surface area contributed by atoms with Gasteiger partial charge in [0.25, 0.3) is 0 Å². The maximum absolute atomic E-state index is 12.8. The van der Waals surface area contributed by atoms with E-state index in [1.807, 2.05) is 24.3 Å². The molecule has 4 heteroatoms. The topological polar surface area (TPSA) is 32.3 Å². The number of rotatable bonds is 4. The minimum Gasteiger partial charge on any atom is -0.394 e. The van der Waals surface area contributed by atoms with Crippen LogP contribution >= 0.6 is 15.9 Å². The normalized spacial score (nSPS) is 12.2. The number of halogens is 2. The number of benzene rings is 2. The maximum atomic E-state index is 12.8. The van der Waals surface area contributed by atoms with Crippen molar-refractivity contribution >= 4 is 21.6 Å². The molecule has 0 radical (unpaired) electrons. The highest BCUT2D eigenvalue weighted by atomic mass is 79.9. The smallest absolute Gasteiger partial charge is 0.123 e. The molecule has 0 bridgehead atoms. The van der Waals surface area contributed by atoms with Gasteiger partial charge >= 0.3 is 0 Å². The second kappa shape index (κ2) is 5.98. The molecule has 18 heavy (non-hydrogen) atoms. The predicted molar refractivity (Wildman–Crippen MR) is 74.0 cm³/mol. The van der Waals surface area contributed by atoms with Crippen LogP contribution in [0, 0.1) is 5.82 Å². The van der Waals surface area contributed by atoms with Gasteiger partial charge in [-0.05, 0) is 42.0 Å². The zero-order valence-corrected chi connectivity index (χ0v) is 11.2. The third-order valence-electron chi connectivity index (χ3n) is 2.64. The fraction of sp³-hybridized carbons (Fsp3) is 0.143. The first-order chi connectivity index (χ1) is 8.69. The quantitative estimate of drug-likeness (QED) is 0.902. The molecule has 1 unspecified atom stereocenters. The summed E-state index contributed by atoms with van der Waals surface area (Å²) < 4.78 is 13.8. The summed E-state index contributed by atoms with van der Waals surface area (Å²) in [6.07, 6.45) is 0. The molecule has 94 valence electrons. The van der Waals surface area contributed by atoms with Gasteiger partial charge in [-0.2, -0.15) is 0 Å². The number of anilines is 1. The Morgan fingerprint density at radius 1 is 1.06 bits per heavy atom. The summed E-state index contributed by atoms with van der Waals surface area (Å²) in [5.41, 5.74) is 1.75. The maximum Gasteiger partial charge on any atom is 0.123 e. The highest BCUT2D eigenvalue weighted by Crippen LogP contribution is 2.21. The predicted octanol–water partition coefficient (Wildman–Crippen LogP) is 3.73. The highest BCUT2D eigenvalue weighted by Gasteiger charge is 2.09. The molecule has 0 fully saturated rings. The van der Waals surface area contributed by atoms with Gasteiger partial charge in [-0.15, -0.1) is 0 Å². The molecule has 0 aliphatic carbocycles. The van der Waals surface area contributed by atoms with E-state index in [0.717, 1.165) is 15.7 Å². The minimum atomic E-state index is -0.279. The first kappa shape index (κ1) is 13.1. The van der Waals surface area contributed by atoms with Crippen molar-refractivity contribution in [3.05, 3.63) is 64.4 Å². The number of nitrogens with one attached hydrogen (secondary N) is 1. The summed E-state index contributed by atoms with van der Waals surface area (Å²) in [6, 6.07) is 13.5. The molecule has 0 amide bonds. The van der Waals surface area contributed by atoms with Crippen molar-refractivity contribution in [3.8, 4) is 0 Å². The summed E-state index contributed by atoms with van der Waals surface area (Å²) >= 11 is 3.36. The van der Waals surface area contributed by atoms with Crippen LogP contribution in [0.2, 0.25) is 0 Å². The molecule has 0 saturated carbocycles. The van der Waals surface area contributed by atoms with Crippen LogP contribution in [0.4, 0.5) is 10.1 Å². The zero-order chi connectivity index (χ0) is 13.0. The summed E-state index contributed by atoms with van der Waals surface area (Å²) in [5.74, 6) is -0.279. The molecule has 2 aromatic carbocycles. The number of aliphatic hydroxyl groups excluding tert-OH is 1. The third-order valence-corrected chi connectivity index (χ3v) is 3.17. The molecule has 0 saturated heterocycles. The van der Waals surface area contributed by atoms with Crippen LogP contribution in [0.3, 0.4) is 0 Å². The SMILES string of the molecule is OCC(Nc1ccc(Br)cc1)c1ccc(F)cc1. The van der Waals surface area contributed by atoms with Crippen molar-refractivity contribution in [2.75, 3.05) is 11.9 Å². The van der Waals surface area contributed by atoms with Crippen LogP contribution in [0.15, 0.2) is 53.0 Å². The van der Waals surface area contributed by atoms with Crippen molar-refractivity contribution in [2.24, 2.45) is 0 Å². The lowest BCUT2D eigenvalue weighted by Gasteiger charge is -2.18. The summed E-state index contributed by atoms with van der Waals surface area (Å²) in [6.45, 7) is -0.0539. The van der Waals surface area contributed by atoms with E-state index in [0.29, 0.717) is 0 Å². The number of hydrogen-bond donors (Lipinski definition) is 2. The molecular formula is C14H13BrFNO. The van der Waals surface area contributed by atoms with Gasteiger partial charge in [0.1, 0.15) is 5.82 Å². The highest BCUT2D eigenvalue weighted by molar-refractivity contribution is 9.10. The second-order valence-corrected chi connectivity index (χ2v) is 4.85. The monoisotopic (exact) mass is 309 g/mol. The van der Waals surface area contributed by atoms with E-state index in [4.69, 9.17) is 0 Å². The molecular weight excluding hydrogens is 297 g/mol. The van der Waals surface area contributed by atoms with Crippen LogP contribution in [0.5, 0.6) is 0 Å². The van der Waals surface area contributed by atoms with Crippen LogP contribution in [0.25, 0.3) is 0 Å². The van der Waals surface area contributed by atoms with Gasteiger partial charge in [0.2, 0.25) is 0 Å². The first-order valence-corrected chi connectivity index (χ1v) is 6.37. The molecule has 2 N–H and O–H groups in total. The van der Waals surface area contributed by atoms with E-state index < -0.39 is 0 Å². The van der Waals surface area contributed by atoms with Crippen molar-refractivity contribution in [1.82, 2.24) is 0 Å². The summed E-state index contributed by atoms with van der Waals surface area (Å²) in [7, 11) is 0. The van der Waals surface area contributed by atoms with Gasteiger partial charge in [-0.1, -0.05) is 28.1 Å². The standard InChI is InChI=1S/C14H13BrFNO/c15-11-3-7-13(8-4-11)17-14(9-18)10-1-5-12(16)6-2-10/h1-8,14,17-18H,9H2. The van der Waals surface area contributed by atoms with E-state index in [9.17, 15) is 9.50 Å². The molecule has 0 heterocycles. The fourth-order valence-corrected chi connectivity index (χ4v) is 1.94. The Hall–Kier alpha value is -1.39. The van der Waals surface area contributed by atoms with Crippen LogP contribution in [0.1, 0.15) is 11.6 Å². The van der Waals surface area contributed by atoms with Gasteiger partial charge in [0.15, 0.2) is 0 Å². The van der Waals surface area contributed by atoms with E-state index in [2.05, 4.69) is 21.2 Å². The second-order valence-electron chi connectivity index (χ2n) is 3.94. The Morgan fingerprint density at radius 3 is 2.22 bits per heavy atom. The molecule has 2 nitrogen and oxygen atoms in total. The molecule has 0 spiro atoms. The number of hydrogen-bond acceptors (Lipinski definition) is 2. The lowest BCUT2D eigenvalue weighted by molar-refractivity contribution is 0.276. The molecule has 1 atom stereocenters. The molecule has 0 aromatic heterocycles. The van der Waals surface area contributed by atoms with Gasteiger partial charge in [0, 0.05) is 10.2 Å². The lowest BCUT2D eigenvalue weighted by Crippen LogP contribution is -2.14. The van der Waals surface area contributed by atoms with Gasteiger partial charge in [-0.3, -0.25) is 0 Å². The summed E-state index contributed by atoms with van der Waals surface area (Å²) in [4.78, 5) is 0. The zero-order valence-electron chi connectivity index (χ0n) is 9.61. The molecule has 2 rings (SSSR count). The Bertz CT molecular complexity index is 498. The largest absolute Gasteiger partial charge is 0.394 e. The molecule has 0 aliphatic rings. The van der Waals surface area contributed by atoms with E-state index in [-0.39, 0.29) is 18.5 Å². The average Bonchev–Trinajstić information content (AvgIpc) is 2.39. The van der Waals surface area contributed by atoms with Crippen molar-refractivity contribution in [3.63, 3.8) is 0 Å². The van der Waals surface area contributed by atoms with Crippen LogP contribution < -0.4 is 5.32 Å². The van der Waals surface area contributed by atoms with Gasteiger partial charge in [0.05, 0.1) is 12.6 Å². The Balaban J connectivity index is 2.14. The van der Waals surface area contributed by atoms with Crippen LogP contribution in [-0.4, -0.2) is 11.7 Å². The first-order valence-electron chi connectivity index (χ1n) is 5.57. The van der Waals surface area contributed by atoms with E-state index in [1.54, 1.807) is 12.1 Å². The van der Waals surface area contributed by atoms with Crippen LogP contribution in [-0.2, 0) is 0 Å². The third kappa shape index (κ3) is 3.31. The molecule has 0 aliphatic heterocycles. The minimum absolute atomic E-state index is 0.0539. The van der Waals surface area contributed by atoms with Crippen molar-refractivity contribution in [1.29, 1.82) is 0 Å². The van der Waals surface area contributed by atoms with Crippen molar-refractivity contribution < 1.29 is 9.50 Å². The van der Waals surface area contributed by atoms with Gasteiger partial charge < -0.3 is 10.4 Å². The van der Waals surface area contributed by atoms with Gasteiger partial charge in [-0.25, -0.2) is 4.39 Å². The number of aliphatic hydroxyl groups is 1. The van der Waals surface area contributed by atoms with E-state index in [1.165, 1.54) is 12.1 Å².